The molecular formula is C6H10Cl2N4. The van der Waals surface area contributed by atoms with Crippen molar-refractivity contribution in [1.29, 1.82) is 0 Å². The monoisotopic (exact) mass is 208 g/mol. The minimum Gasteiger partial charge on any atom is -0.370 e. The third-order valence-electron chi connectivity index (χ3n) is 1.22. The molecule has 68 valence electrons. The lowest BCUT2D eigenvalue weighted by molar-refractivity contribution is 0.376. The third-order valence-corrected chi connectivity index (χ3v) is 1.57. The maximum absolute atomic E-state index is 5.65. The fourth-order valence-electron chi connectivity index (χ4n) is 0.739. The summed E-state index contributed by atoms with van der Waals surface area (Å²) in [4.78, 5) is 0. The van der Waals surface area contributed by atoms with Gasteiger partial charge in [-0.3, -0.25) is 5.43 Å². The number of rotatable bonds is 3. The summed E-state index contributed by atoms with van der Waals surface area (Å²) in [6.07, 6.45) is 2.71. The van der Waals surface area contributed by atoms with Crippen LogP contribution in [0.2, 0.25) is 0 Å². The van der Waals surface area contributed by atoms with E-state index in [1.807, 2.05) is 0 Å². The van der Waals surface area contributed by atoms with E-state index < -0.39 is 0 Å². The van der Waals surface area contributed by atoms with Gasteiger partial charge in [-0.05, 0) is 6.42 Å². The first-order valence-corrected chi connectivity index (χ1v) is 4.36. The van der Waals surface area contributed by atoms with Gasteiger partial charge < -0.3 is 5.32 Å². The standard InChI is InChI=1S/C6H10Cl2N4/c1-2-3-9-6-4-5(7)10-12(8)11-6/h4,9,11H,2-3H2,1H3. The lowest BCUT2D eigenvalue weighted by Gasteiger charge is -2.20. The Kier molecular flexibility index (Phi) is 3.49. The quantitative estimate of drug-likeness (QED) is 0.689. The van der Waals surface area contributed by atoms with Crippen LogP contribution in [0.5, 0.6) is 0 Å². The van der Waals surface area contributed by atoms with Crippen LogP contribution in [-0.4, -0.2) is 16.4 Å². The fourth-order valence-corrected chi connectivity index (χ4v) is 1.13. The zero-order valence-electron chi connectivity index (χ0n) is 6.64. The molecule has 12 heavy (non-hydrogen) atoms. The van der Waals surface area contributed by atoms with Crippen molar-refractivity contribution < 1.29 is 0 Å². The summed E-state index contributed by atoms with van der Waals surface area (Å²) >= 11 is 11.2. The molecule has 0 aromatic heterocycles. The highest BCUT2D eigenvalue weighted by atomic mass is 35.5. The summed E-state index contributed by atoms with van der Waals surface area (Å²) in [6.45, 7) is 2.94. The molecule has 1 aliphatic rings. The first-order valence-electron chi connectivity index (χ1n) is 3.64. The molecule has 0 aromatic rings. The van der Waals surface area contributed by atoms with E-state index in [1.165, 1.54) is 0 Å². The Morgan fingerprint density at radius 2 is 2.50 bits per heavy atom. The summed E-state index contributed by atoms with van der Waals surface area (Å²) in [5.41, 5.74) is 2.76. The van der Waals surface area contributed by atoms with Gasteiger partial charge >= 0.3 is 0 Å². The molecule has 0 bridgehead atoms. The number of allylic oxidation sites excluding steroid dienone is 1. The Hall–Kier alpha value is -0.610. The number of hydrazine groups is 1. The highest BCUT2D eigenvalue weighted by molar-refractivity contribution is 6.68. The average molecular weight is 209 g/mol. The Bertz CT molecular complexity index is 214. The van der Waals surface area contributed by atoms with Gasteiger partial charge in [0.2, 0.25) is 0 Å². The SMILES string of the molecule is CCCNC1=CC(Cl)=NN(Cl)N1. The minimum absolute atomic E-state index is 0.349. The van der Waals surface area contributed by atoms with Gasteiger partial charge in [-0.2, -0.15) is 0 Å². The second-order valence-electron chi connectivity index (χ2n) is 2.28. The highest BCUT2D eigenvalue weighted by Crippen LogP contribution is 2.04. The molecule has 4 nitrogen and oxygen atoms in total. The summed E-state index contributed by atoms with van der Waals surface area (Å²) < 4.78 is 1.04. The van der Waals surface area contributed by atoms with Crippen molar-refractivity contribution in [2.45, 2.75) is 13.3 Å². The molecule has 0 radical (unpaired) electrons. The van der Waals surface area contributed by atoms with Crippen molar-refractivity contribution >= 4 is 28.5 Å². The smallest absolute Gasteiger partial charge is 0.156 e. The zero-order valence-corrected chi connectivity index (χ0v) is 8.15. The van der Waals surface area contributed by atoms with Crippen molar-refractivity contribution in [3.8, 4) is 0 Å². The Morgan fingerprint density at radius 1 is 1.75 bits per heavy atom. The van der Waals surface area contributed by atoms with Crippen LogP contribution in [-0.2, 0) is 0 Å². The van der Waals surface area contributed by atoms with Gasteiger partial charge in [-0.15, -0.1) is 9.74 Å². The molecule has 0 unspecified atom stereocenters. The van der Waals surface area contributed by atoms with Crippen LogP contribution >= 0.6 is 23.4 Å². The largest absolute Gasteiger partial charge is 0.370 e. The topological polar surface area (TPSA) is 39.7 Å². The summed E-state index contributed by atoms with van der Waals surface area (Å²) in [7, 11) is 0. The lowest BCUT2D eigenvalue weighted by Crippen LogP contribution is -2.36. The maximum Gasteiger partial charge on any atom is 0.156 e. The third kappa shape index (κ3) is 2.79. The van der Waals surface area contributed by atoms with Crippen LogP contribution in [0, 0.1) is 0 Å². The van der Waals surface area contributed by atoms with Crippen LogP contribution in [0.25, 0.3) is 0 Å². The number of nitrogens with zero attached hydrogens (tertiary/aromatic N) is 2. The van der Waals surface area contributed by atoms with Crippen LogP contribution in [0.4, 0.5) is 0 Å². The van der Waals surface area contributed by atoms with Gasteiger partial charge in [0.25, 0.3) is 0 Å². The molecular weight excluding hydrogens is 199 g/mol. The molecule has 0 saturated heterocycles. The number of hydrogen-bond acceptors (Lipinski definition) is 4. The molecule has 0 aromatic carbocycles. The zero-order chi connectivity index (χ0) is 8.97. The van der Waals surface area contributed by atoms with E-state index >= 15 is 0 Å². The number of halogens is 2. The molecule has 0 fully saturated rings. The van der Waals surface area contributed by atoms with Gasteiger partial charge in [0, 0.05) is 12.6 Å². The van der Waals surface area contributed by atoms with Gasteiger partial charge in [-0.25, -0.2) is 0 Å². The van der Waals surface area contributed by atoms with E-state index in [0.29, 0.717) is 5.17 Å². The highest BCUT2D eigenvalue weighted by Gasteiger charge is 2.07. The lowest BCUT2D eigenvalue weighted by atomic mass is 10.4. The van der Waals surface area contributed by atoms with Crippen LogP contribution < -0.4 is 10.7 Å². The number of hydrogen-bond donors (Lipinski definition) is 2. The first-order chi connectivity index (χ1) is 5.72. The van der Waals surface area contributed by atoms with Crippen molar-refractivity contribution in [2.75, 3.05) is 6.54 Å². The van der Waals surface area contributed by atoms with E-state index in [1.54, 1.807) is 6.08 Å². The molecule has 0 saturated carbocycles. The summed E-state index contributed by atoms with van der Waals surface area (Å²) in [6, 6.07) is 0. The van der Waals surface area contributed by atoms with Crippen molar-refractivity contribution in [3.05, 3.63) is 11.9 Å². The Balaban J connectivity index is 2.49. The molecule has 2 N–H and O–H groups in total. The number of nitrogens with one attached hydrogen (secondary N) is 2. The van der Waals surface area contributed by atoms with Crippen molar-refractivity contribution in [2.24, 2.45) is 5.10 Å². The Morgan fingerprint density at radius 3 is 3.08 bits per heavy atom. The van der Waals surface area contributed by atoms with Crippen LogP contribution in [0.1, 0.15) is 13.3 Å². The maximum atomic E-state index is 5.65. The van der Waals surface area contributed by atoms with E-state index in [9.17, 15) is 0 Å². The van der Waals surface area contributed by atoms with Gasteiger partial charge in [0.15, 0.2) is 5.17 Å². The van der Waals surface area contributed by atoms with Crippen LogP contribution in [0.15, 0.2) is 17.0 Å². The van der Waals surface area contributed by atoms with E-state index in [4.69, 9.17) is 23.4 Å². The molecule has 1 heterocycles. The van der Waals surface area contributed by atoms with E-state index in [-0.39, 0.29) is 0 Å². The van der Waals surface area contributed by atoms with E-state index in [0.717, 1.165) is 23.4 Å². The second-order valence-corrected chi connectivity index (χ2v) is 2.99. The summed E-state index contributed by atoms with van der Waals surface area (Å²) in [5, 5.41) is 7.13. The number of hydrazone groups is 1. The molecule has 0 aliphatic carbocycles. The predicted molar refractivity (Wildman–Crippen MR) is 50.5 cm³/mol. The summed E-state index contributed by atoms with van der Waals surface area (Å²) in [5.74, 6) is 0.756. The molecule has 6 heteroatoms. The van der Waals surface area contributed by atoms with Gasteiger partial charge in [0.05, 0.1) is 11.8 Å². The molecule has 0 spiro atoms. The second kappa shape index (κ2) is 4.42. The van der Waals surface area contributed by atoms with Crippen molar-refractivity contribution in [1.82, 2.24) is 15.4 Å². The average Bonchev–Trinajstić information content (AvgIpc) is 1.99. The van der Waals surface area contributed by atoms with E-state index in [2.05, 4.69) is 22.8 Å². The van der Waals surface area contributed by atoms with Gasteiger partial charge in [-0.1, -0.05) is 18.5 Å². The molecule has 1 rings (SSSR count). The molecule has 0 atom stereocenters. The molecule has 0 amide bonds. The molecule has 1 aliphatic heterocycles. The Labute approximate surface area is 81.3 Å². The first kappa shape index (κ1) is 9.48. The predicted octanol–water partition coefficient (Wildman–Crippen LogP) is 1.35. The van der Waals surface area contributed by atoms with Crippen molar-refractivity contribution in [3.63, 3.8) is 0 Å². The fraction of sp³-hybridized carbons (Fsp3) is 0.500. The van der Waals surface area contributed by atoms with Crippen LogP contribution in [0.3, 0.4) is 0 Å². The normalized spacial score (nSPS) is 16.4. The van der Waals surface area contributed by atoms with Gasteiger partial charge in [0.1, 0.15) is 5.82 Å². The minimum atomic E-state index is 0.349.